The second-order valence-corrected chi connectivity index (χ2v) is 11.2. The van der Waals surface area contributed by atoms with E-state index in [0.717, 1.165) is 45.2 Å². The molecule has 1 spiro atoms. The highest BCUT2D eigenvalue weighted by atomic mass is 16.3. The minimum absolute atomic E-state index is 0.0568. The highest BCUT2D eigenvalue weighted by molar-refractivity contribution is 6.03. The predicted octanol–water partition coefficient (Wildman–Crippen LogP) is 0.958. The molecule has 2 heterocycles. The van der Waals surface area contributed by atoms with Gasteiger partial charge in [-0.25, -0.2) is 4.99 Å². The number of carbonyl (C=O) groups excluding carboxylic acids is 2. The Hall–Kier alpha value is -3.17. The molecule has 5 rings (SSSR count). The molecule has 1 atom stereocenters. The maximum absolute atomic E-state index is 12.7. The first-order valence-electron chi connectivity index (χ1n) is 13.3. The van der Waals surface area contributed by atoms with Crippen LogP contribution in [-0.4, -0.2) is 72.1 Å². The van der Waals surface area contributed by atoms with Crippen LogP contribution in [0.2, 0.25) is 0 Å². The number of rotatable bonds is 8. The molecule has 4 aliphatic rings. The maximum Gasteiger partial charge on any atom is 0.267 e. The lowest BCUT2D eigenvalue weighted by molar-refractivity contribution is -0.121. The lowest BCUT2D eigenvalue weighted by atomic mass is 9.52. The average Bonchev–Trinajstić information content (AvgIpc) is 2.84. The molecular weight excluding hydrogens is 468 g/mol. The predicted molar refractivity (Wildman–Crippen MR) is 143 cm³/mol. The van der Waals surface area contributed by atoms with Crippen LogP contribution in [0, 0.1) is 5.41 Å². The topological polar surface area (TPSA) is 118 Å². The third-order valence-electron chi connectivity index (χ3n) is 8.01. The molecule has 1 aromatic rings. The lowest BCUT2D eigenvalue weighted by Gasteiger charge is -2.58. The van der Waals surface area contributed by atoms with Crippen LogP contribution < -0.4 is 21.3 Å². The van der Waals surface area contributed by atoms with Gasteiger partial charge >= 0.3 is 0 Å². The Morgan fingerprint density at radius 1 is 1.22 bits per heavy atom. The van der Waals surface area contributed by atoms with Crippen molar-refractivity contribution in [1.82, 2.24) is 26.2 Å². The highest BCUT2D eigenvalue weighted by Gasteiger charge is 2.53. The van der Waals surface area contributed by atoms with E-state index in [1.165, 1.54) is 11.1 Å². The molecule has 2 aliphatic heterocycles. The molecule has 37 heavy (non-hydrogen) atoms. The summed E-state index contributed by atoms with van der Waals surface area (Å²) in [6.45, 7) is 8.22. The molecule has 0 radical (unpaired) electrons. The fourth-order valence-electron chi connectivity index (χ4n) is 6.08. The largest absolute Gasteiger partial charge is 0.390 e. The zero-order valence-electron chi connectivity index (χ0n) is 21.6. The van der Waals surface area contributed by atoms with Crippen molar-refractivity contribution in [3.63, 3.8) is 0 Å². The maximum atomic E-state index is 12.7. The summed E-state index contributed by atoms with van der Waals surface area (Å²) in [6, 6.07) is 9.00. The van der Waals surface area contributed by atoms with Crippen molar-refractivity contribution in [2.45, 2.75) is 63.8 Å². The molecule has 9 nitrogen and oxygen atoms in total. The van der Waals surface area contributed by atoms with Crippen molar-refractivity contribution in [1.29, 1.82) is 0 Å². The Balaban J connectivity index is 1.02. The van der Waals surface area contributed by atoms with Gasteiger partial charge in [0.05, 0.1) is 6.10 Å². The van der Waals surface area contributed by atoms with Crippen molar-refractivity contribution in [3.05, 3.63) is 59.3 Å². The first kappa shape index (κ1) is 25.5. The molecule has 0 bridgehead atoms. The van der Waals surface area contributed by atoms with Gasteiger partial charge in [-0.2, -0.15) is 0 Å². The minimum atomic E-state index is -0.637. The van der Waals surface area contributed by atoms with Crippen LogP contribution in [0.3, 0.4) is 0 Å². The molecule has 2 saturated carbocycles. The van der Waals surface area contributed by atoms with E-state index < -0.39 is 6.10 Å². The third-order valence-corrected chi connectivity index (χ3v) is 8.01. The van der Waals surface area contributed by atoms with Crippen LogP contribution in [-0.2, 0) is 22.6 Å². The number of amides is 2. The van der Waals surface area contributed by atoms with E-state index >= 15 is 0 Å². The summed E-state index contributed by atoms with van der Waals surface area (Å²) in [7, 11) is 0. The molecule has 198 valence electrons. The normalized spacial score (nSPS) is 27.3. The summed E-state index contributed by atoms with van der Waals surface area (Å²) in [4.78, 5) is 31.2. The number of nitrogens with zero attached hydrogens (tertiary/aromatic N) is 2. The minimum Gasteiger partial charge on any atom is -0.390 e. The van der Waals surface area contributed by atoms with Gasteiger partial charge in [-0.05, 0) is 55.6 Å². The Morgan fingerprint density at radius 2 is 1.95 bits per heavy atom. The summed E-state index contributed by atoms with van der Waals surface area (Å²) in [5.74, 6) is 0.416. The standard InChI is InChI=1S/C28H38N6O3/c1-18(2)26(36)33-22-12-28(13-22)10-21(11-28)32-25-9-24(30-17-31-25)27(37)29-14-23(35)16-34-8-7-19-5-3-4-6-20(19)15-34/h3-6,9,21-23,30,35H,1,7-8,10-17H2,2H3,(H,29,37)(H,31,32)(H,33,36)/t21?,22?,23-,28?/m0/s1. The van der Waals surface area contributed by atoms with Crippen LogP contribution in [0.15, 0.2) is 53.2 Å². The number of carbonyl (C=O) groups is 2. The number of amidine groups is 1. The van der Waals surface area contributed by atoms with E-state index in [1.807, 2.05) is 0 Å². The number of aliphatic hydroxyl groups is 1. The van der Waals surface area contributed by atoms with E-state index in [1.54, 1.807) is 13.0 Å². The quantitative estimate of drug-likeness (QED) is 0.335. The van der Waals surface area contributed by atoms with Gasteiger partial charge in [0, 0.05) is 49.9 Å². The SMILES string of the molecule is C=C(C)C(=O)NC1CC2(C1)CC(NC1=NCNC(C(=O)NC[C@H](O)CN3CCc4ccccc4C3)=C1)C2. The third kappa shape index (κ3) is 6.05. The Kier molecular flexibility index (Phi) is 7.35. The van der Waals surface area contributed by atoms with Crippen LogP contribution >= 0.6 is 0 Å². The van der Waals surface area contributed by atoms with Crippen molar-refractivity contribution in [2.24, 2.45) is 10.4 Å². The van der Waals surface area contributed by atoms with Gasteiger partial charge in [-0.15, -0.1) is 0 Å². The van der Waals surface area contributed by atoms with Crippen LogP contribution in [0.5, 0.6) is 0 Å². The fraction of sp³-hybridized carbons (Fsp3) is 0.536. The molecule has 2 fully saturated rings. The van der Waals surface area contributed by atoms with E-state index in [-0.39, 0.29) is 24.4 Å². The van der Waals surface area contributed by atoms with Gasteiger partial charge in [0.25, 0.3) is 5.91 Å². The molecule has 9 heteroatoms. The number of fused-ring (bicyclic) bond motifs is 1. The van der Waals surface area contributed by atoms with E-state index in [9.17, 15) is 14.7 Å². The monoisotopic (exact) mass is 506 g/mol. The summed E-state index contributed by atoms with van der Waals surface area (Å²) in [5.41, 5.74) is 4.01. The zero-order chi connectivity index (χ0) is 26.0. The van der Waals surface area contributed by atoms with Gasteiger partial charge < -0.3 is 26.4 Å². The van der Waals surface area contributed by atoms with E-state index in [4.69, 9.17) is 0 Å². The number of aliphatic imine (C=N–C) groups is 1. The Labute approximate surface area is 218 Å². The molecule has 0 unspecified atom stereocenters. The number of aliphatic hydroxyl groups excluding tert-OH is 1. The highest BCUT2D eigenvalue weighted by Crippen LogP contribution is 2.55. The van der Waals surface area contributed by atoms with Crippen molar-refractivity contribution in [2.75, 3.05) is 26.3 Å². The molecule has 5 N–H and O–H groups in total. The van der Waals surface area contributed by atoms with Crippen molar-refractivity contribution < 1.29 is 14.7 Å². The number of nitrogens with one attached hydrogen (secondary N) is 4. The van der Waals surface area contributed by atoms with Gasteiger partial charge in [-0.3, -0.25) is 14.5 Å². The van der Waals surface area contributed by atoms with Gasteiger partial charge in [0.1, 0.15) is 18.2 Å². The second kappa shape index (κ2) is 10.7. The Morgan fingerprint density at radius 3 is 2.70 bits per heavy atom. The molecule has 2 aliphatic carbocycles. The fourth-order valence-corrected chi connectivity index (χ4v) is 6.08. The molecule has 2 amide bonds. The Bertz CT molecular complexity index is 1110. The summed E-state index contributed by atoms with van der Waals surface area (Å²) in [6.07, 6.45) is 6.19. The van der Waals surface area contributed by atoms with Crippen LogP contribution in [0.1, 0.15) is 43.7 Å². The van der Waals surface area contributed by atoms with Crippen LogP contribution in [0.4, 0.5) is 0 Å². The van der Waals surface area contributed by atoms with Gasteiger partial charge in [0.15, 0.2) is 0 Å². The van der Waals surface area contributed by atoms with Gasteiger partial charge in [0.2, 0.25) is 5.91 Å². The second-order valence-electron chi connectivity index (χ2n) is 11.2. The van der Waals surface area contributed by atoms with Crippen molar-refractivity contribution in [3.8, 4) is 0 Å². The molecule has 0 saturated heterocycles. The molecule has 1 aromatic carbocycles. The summed E-state index contributed by atoms with van der Waals surface area (Å²) >= 11 is 0. The van der Waals surface area contributed by atoms with E-state index in [0.29, 0.717) is 41.8 Å². The van der Waals surface area contributed by atoms with Gasteiger partial charge in [-0.1, -0.05) is 30.8 Å². The number of benzene rings is 1. The summed E-state index contributed by atoms with van der Waals surface area (Å²) in [5, 5.41) is 22.9. The molecule has 0 aromatic heterocycles. The first-order chi connectivity index (χ1) is 17.8. The molecular formula is C28H38N6O3. The number of β-amino-alcohol motifs (C(OH)–C–C–N with tert-alkyl or cyclic N) is 1. The smallest absolute Gasteiger partial charge is 0.267 e. The number of hydrogen-bond acceptors (Lipinski definition) is 7. The number of hydrogen-bond donors (Lipinski definition) is 5. The summed E-state index contributed by atoms with van der Waals surface area (Å²) < 4.78 is 0. The zero-order valence-corrected chi connectivity index (χ0v) is 21.6. The van der Waals surface area contributed by atoms with E-state index in [2.05, 4.69) is 62.0 Å². The first-order valence-corrected chi connectivity index (χ1v) is 13.3. The van der Waals surface area contributed by atoms with Crippen LogP contribution in [0.25, 0.3) is 0 Å². The van der Waals surface area contributed by atoms with Crippen molar-refractivity contribution >= 4 is 17.6 Å². The lowest BCUT2D eigenvalue weighted by Crippen LogP contribution is -2.61. The average molecular weight is 507 g/mol.